The van der Waals surface area contributed by atoms with E-state index in [0.29, 0.717) is 19.5 Å². The molecule has 0 aliphatic heterocycles. The highest BCUT2D eigenvalue weighted by Crippen LogP contribution is 2.11. The minimum Gasteiger partial charge on any atom is -0.292 e. The van der Waals surface area contributed by atoms with Crippen LogP contribution in [0.4, 0.5) is 0 Å². The maximum atomic E-state index is 11.9. The summed E-state index contributed by atoms with van der Waals surface area (Å²) in [5, 5.41) is 10.5. The smallest absolute Gasteiger partial charge is 0.186 e. The molecule has 0 bridgehead atoms. The van der Waals surface area contributed by atoms with E-state index in [1.165, 1.54) is 11.3 Å². The van der Waals surface area contributed by atoms with Crippen molar-refractivity contribution < 1.29 is 4.79 Å². The third kappa shape index (κ3) is 3.76. The molecule has 0 N–H and O–H groups in total. The Morgan fingerprint density at radius 3 is 2.88 bits per heavy atom. The van der Waals surface area contributed by atoms with Gasteiger partial charge in [0.15, 0.2) is 5.78 Å². The van der Waals surface area contributed by atoms with Gasteiger partial charge in [-0.05, 0) is 25.3 Å². The summed E-state index contributed by atoms with van der Waals surface area (Å²) in [6, 6.07) is 6.12. The molecule has 0 saturated carbocycles. The molecule has 0 unspecified atom stereocenters. The van der Waals surface area contributed by atoms with E-state index in [2.05, 4.69) is 6.07 Å². The fourth-order valence-electron chi connectivity index (χ4n) is 1.41. The first-order valence-electron chi connectivity index (χ1n) is 5.33. The second-order valence-electron chi connectivity index (χ2n) is 3.87. The van der Waals surface area contributed by atoms with Gasteiger partial charge < -0.3 is 0 Å². The van der Waals surface area contributed by atoms with E-state index in [4.69, 9.17) is 5.26 Å². The van der Waals surface area contributed by atoms with Gasteiger partial charge in [0, 0.05) is 19.0 Å². The number of thiophene rings is 1. The summed E-state index contributed by atoms with van der Waals surface area (Å²) in [4.78, 5) is 14.7. The van der Waals surface area contributed by atoms with Crippen LogP contribution in [0.3, 0.4) is 0 Å². The van der Waals surface area contributed by atoms with Crippen LogP contribution in [0, 0.1) is 11.3 Å². The highest BCUT2D eigenvalue weighted by Gasteiger charge is 2.15. The quantitative estimate of drug-likeness (QED) is 0.713. The van der Waals surface area contributed by atoms with Crippen LogP contribution in [0.15, 0.2) is 17.5 Å². The van der Waals surface area contributed by atoms with Crippen LogP contribution in [0.25, 0.3) is 0 Å². The molecule has 86 valence electrons. The van der Waals surface area contributed by atoms with Crippen molar-refractivity contribution in [1.29, 1.82) is 5.26 Å². The lowest BCUT2D eigenvalue weighted by Crippen LogP contribution is -2.36. The normalized spacial score (nSPS) is 10.7. The molecule has 0 radical (unpaired) electrons. The number of Topliss-reactive ketones (excluding diaryl/α,β-unsaturated/α-hetero) is 1. The van der Waals surface area contributed by atoms with Crippen molar-refractivity contribution in [3.05, 3.63) is 22.4 Å². The monoisotopic (exact) mass is 236 g/mol. The van der Waals surface area contributed by atoms with Gasteiger partial charge in [-0.25, -0.2) is 0 Å². The molecule has 0 fully saturated rings. The predicted octanol–water partition coefficient (Wildman–Crippen LogP) is 2.55. The van der Waals surface area contributed by atoms with E-state index < -0.39 is 0 Å². The zero-order valence-corrected chi connectivity index (χ0v) is 10.5. The molecule has 0 aliphatic carbocycles. The van der Waals surface area contributed by atoms with Crippen molar-refractivity contribution >= 4 is 17.1 Å². The van der Waals surface area contributed by atoms with Gasteiger partial charge in [-0.2, -0.15) is 5.26 Å². The Morgan fingerprint density at radius 1 is 1.62 bits per heavy atom. The van der Waals surface area contributed by atoms with Crippen LogP contribution in [0.1, 0.15) is 29.9 Å². The average Bonchev–Trinajstić information content (AvgIpc) is 2.76. The molecule has 1 rings (SSSR count). The summed E-state index contributed by atoms with van der Waals surface area (Å²) < 4.78 is 0. The largest absolute Gasteiger partial charge is 0.292 e. The Hall–Kier alpha value is -1.18. The molecule has 4 heteroatoms. The third-order valence-corrected chi connectivity index (χ3v) is 3.29. The Labute approximate surface area is 100 Å². The lowest BCUT2D eigenvalue weighted by atomic mass is 10.2. The first-order chi connectivity index (χ1) is 7.65. The van der Waals surface area contributed by atoms with Crippen molar-refractivity contribution in [3.63, 3.8) is 0 Å². The third-order valence-electron chi connectivity index (χ3n) is 2.38. The van der Waals surface area contributed by atoms with Gasteiger partial charge in [0.05, 0.1) is 17.5 Å². The topological polar surface area (TPSA) is 44.1 Å². The minimum absolute atomic E-state index is 0.140. The van der Waals surface area contributed by atoms with E-state index in [1.807, 2.05) is 36.3 Å². The molecule has 1 heterocycles. The van der Waals surface area contributed by atoms with Crippen LogP contribution < -0.4 is 0 Å². The SMILES string of the molecule is CC(C)N(CCC#N)CC(=O)c1cccs1. The van der Waals surface area contributed by atoms with Crippen LogP contribution in [-0.4, -0.2) is 29.8 Å². The fraction of sp³-hybridized carbons (Fsp3) is 0.500. The molecule has 0 atom stereocenters. The van der Waals surface area contributed by atoms with Crippen LogP contribution in [0.2, 0.25) is 0 Å². The Bertz CT molecular complexity index is 365. The van der Waals surface area contributed by atoms with E-state index in [9.17, 15) is 4.79 Å². The second-order valence-corrected chi connectivity index (χ2v) is 4.82. The number of hydrogen-bond donors (Lipinski definition) is 0. The van der Waals surface area contributed by atoms with Gasteiger partial charge in [-0.15, -0.1) is 11.3 Å². The van der Waals surface area contributed by atoms with Crippen molar-refractivity contribution in [3.8, 4) is 6.07 Å². The van der Waals surface area contributed by atoms with Gasteiger partial charge in [-0.1, -0.05) is 6.07 Å². The number of rotatable bonds is 6. The standard InChI is InChI=1S/C12H16N2OS/c1-10(2)14(7-4-6-13)9-11(15)12-5-3-8-16-12/h3,5,8,10H,4,7,9H2,1-2H3. The summed E-state index contributed by atoms with van der Waals surface area (Å²) in [5.74, 6) is 0.140. The van der Waals surface area contributed by atoms with E-state index in [1.54, 1.807) is 0 Å². The van der Waals surface area contributed by atoms with Crippen LogP contribution in [0.5, 0.6) is 0 Å². The molecular formula is C12H16N2OS. The number of nitrogens with zero attached hydrogens (tertiary/aromatic N) is 2. The zero-order chi connectivity index (χ0) is 12.0. The molecule has 0 amide bonds. The highest BCUT2D eigenvalue weighted by molar-refractivity contribution is 7.12. The highest BCUT2D eigenvalue weighted by atomic mass is 32.1. The minimum atomic E-state index is 0.140. The van der Waals surface area contributed by atoms with E-state index >= 15 is 0 Å². The lowest BCUT2D eigenvalue weighted by Gasteiger charge is -2.24. The molecule has 3 nitrogen and oxygen atoms in total. The summed E-state index contributed by atoms with van der Waals surface area (Å²) in [5.41, 5.74) is 0. The van der Waals surface area contributed by atoms with Gasteiger partial charge in [-0.3, -0.25) is 9.69 Å². The Morgan fingerprint density at radius 2 is 2.38 bits per heavy atom. The number of ketones is 1. The van der Waals surface area contributed by atoms with Gasteiger partial charge in [0.1, 0.15) is 0 Å². The molecule has 0 saturated heterocycles. The molecular weight excluding hydrogens is 220 g/mol. The van der Waals surface area contributed by atoms with Crippen molar-refractivity contribution in [2.45, 2.75) is 26.3 Å². The first-order valence-corrected chi connectivity index (χ1v) is 6.21. The number of hydrogen-bond acceptors (Lipinski definition) is 4. The zero-order valence-electron chi connectivity index (χ0n) is 9.64. The summed E-state index contributed by atoms with van der Waals surface area (Å²) >= 11 is 1.47. The second kappa shape index (κ2) is 6.41. The predicted molar refractivity (Wildman–Crippen MR) is 65.6 cm³/mol. The molecule has 1 aromatic heterocycles. The van der Waals surface area contributed by atoms with Gasteiger partial charge in [0.2, 0.25) is 0 Å². The van der Waals surface area contributed by atoms with Gasteiger partial charge in [0.25, 0.3) is 0 Å². The maximum Gasteiger partial charge on any atom is 0.186 e. The average molecular weight is 236 g/mol. The summed E-state index contributed by atoms with van der Waals surface area (Å²) in [7, 11) is 0. The molecule has 0 spiro atoms. The number of carbonyl (C=O) groups excluding carboxylic acids is 1. The van der Waals surface area contributed by atoms with Crippen LogP contribution >= 0.6 is 11.3 Å². The maximum absolute atomic E-state index is 11.9. The van der Waals surface area contributed by atoms with Crippen LogP contribution in [-0.2, 0) is 0 Å². The molecule has 16 heavy (non-hydrogen) atoms. The van der Waals surface area contributed by atoms with Crippen molar-refractivity contribution in [2.24, 2.45) is 0 Å². The fourth-order valence-corrected chi connectivity index (χ4v) is 2.07. The summed E-state index contributed by atoms with van der Waals surface area (Å²) in [6.07, 6.45) is 0.468. The van der Waals surface area contributed by atoms with E-state index in [-0.39, 0.29) is 11.8 Å². The summed E-state index contributed by atoms with van der Waals surface area (Å²) in [6.45, 7) is 5.14. The Kier molecular flexibility index (Phi) is 5.17. The van der Waals surface area contributed by atoms with E-state index in [0.717, 1.165) is 4.88 Å². The number of nitriles is 1. The number of carbonyl (C=O) groups is 1. The molecule has 0 aromatic carbocycles. The van der Waals surface area contributed by atoms with Gasteiger partial charge >= 0.3 is 0 Å². The first kappa shape index (κ1) is 12.9. The lowest BCUT2D eigenvalue weighted by molar-refractivity contribution is 0.0912. The Balaban J connectivity index is 2.55. The molecule has 0 aliphatic rings. The molecule has 1 aromatic rings. The van der Waals surface area contributed by atoms with Crippen molar-refractivity contribution in [1.82, 2.24) is 4.90 Å². The van der Waals surface area contributed by atoms with Crippen molar-refractivity contribution in [2.75, 3.05) is 13.1 Å².